The molecule has 5 nitrogen and oxygen atoms in total. The van der Waals surface area contributed by atoms with Crippen molar-refractivity contribution in [2.24, 2.45) is 5.73 Å². The van der Waals surface area contributed by atoms with E-state index in [0.717, 1.165) is 36.1 Å². The fraction of sp³-hybridized carbons (Fsp3) is 0.429. The fourth-order valence-corrected chi connectivity index (χ4v) is 2.33. The molecule has 1 aromatic carbocycles. The number of nitrogens with two attached hydrogens (primary N) is 1. The molecule has 5 heteroatoms. The maximum atomic E-state index is 6.17. The maximum absolute atomic E-state index is 6.17. The van der Waals surface area contributed by atoms with Crippen molar-refractivity contribution in [3.63, 3.8) is 0 Å². The lowest BCUT2D eigenvalue weighted by Crippen LogP contribution is -2.43. The lowest BCUT2D eigenvalue weighted by molar-refractivity contribution is 0.181. The summed E-state index contributed by atoms with van der Waals surface area (Å²) in [5, 5.41) is 4.02. The largest absolute Gasteiger partial charge is 0.496 e. The number of hydrogen-bond acceptors (Lipinski definition) is 5. The minimum atomic E-state index is -0.410. The summed E-state index contributed by atoms with van der Waals surface area (Å²) < 4.78 is 10.5. The molecule has 1 fully saturated rings. The van der Waals surface area contributed by atoms with Crippen molar-refractivity contribution in [1.82, 2.24) is 10.1 Å². The van der Waals surface area contributed by atoms with E-state index < -0.39 is 5.54 Å². The van der Waals surface area contributed by atoms with E-state index in [4.69, 9.17) is 15.0 Å². The standard InChI is InChI=1S/C14H17N3O2/c1-9-8-10(4-5-11(9)18-2)12-16-13(19-17-12)14(15)6-3-7-14/h4-5,8H,3,6-7,15H2,1-2H3. The zero-order valence-electron chi connectivity index (χ0n) is 11.1. The molecule has 0 bridgehead atoms. The predicted molar refractivity (Wildman–Crippen MR) is 70.7 cm³/mol. The molecule has 0 amide bonds. The second kappa shape index (κ2) is 4.35. The lowest BCUT2D eigenvalue weighted by Gasteiger charge is -2.33. The molecule has 1 heterocycles. The normalized spacial score (nSPS) is 17.0. The Kier molecular flexibility index (Phi) is 2.78. The fourth-order valence-electron chi connectivity index (χ4n) is 2.33. The summed E-state index contributed by atoms with van der Waals surface area (Å²) in [7, 11) is 1.66. The van der Waals surface area contributed by atoms with Crippen LogP contribution in [0.2, 0.25) is 0 Å². The van der Waals surface area contributed by atoms with Gasteiger partial charge < -0.3 is 15.0 Å². The van der Waals surface area contributed by atoms with Crippen LogP contribution in [-0.4, -0.2) is 17.3 Å². The number of aryl methyl sites for hydroxylation is 1. The Labute approximate surface area is 111 Å². The van der Waals surface area contributed by atoms with Crippen molar-refractivity contribution in [3.8, 4) is 17.1 Å². The van der Waals surface area contributed by atoms with Crippen molar-refractivity contribution in [1.29, 1.82) is 0 Å². The number of ether oxygens (including phenoxy) is 1. The Hall–Kier alpha value is -1.88. The second-order valence-corrected chi connectivity index (χ2v) is 5.12. The van der Waals surface area contributed by atoms with Gasteiger partial charge in [0.05, 0.1) is 12.6 Å². The third-order valence-electron chi connectivity index (χ3n) is 3.75. The highest BCUT2D eigenvalue weighted by molar-refractivity contribution is 5.58. The van der Waals surface area contributed by atoms with Gasteiger partial charge in [0, 0.05) is 5.56 Å². The summed E-state index contributed by atoms with van der Waals surface area (Å²) in [5.74, 6) is 1.97. The highest BCUT2D eigenvalue weighted by atomic mass is 16.5. The summed E-state index contributed by atoms with van der Waals surface area (Å²) >= 11 is 0. The van der Waals surface area contributed by atoms with Gasteiger partial charge >= 0.3 is 0 Å². The van der Waals surface area contributed by atoms with Crippen molar-refractivity contribution < 1.29 is 9.26 Å². The first kappa shape index (κ1) is 12.2. The molecule has 2 aromatic rings. The van der Waals surface area contributed by atoms with E-state index in [9.17, 15) is 0 Å². The third kappa shape index (κ3) is 2.00. The van der Waals surface area contributed by atoms with E-state index >= 15 is 0 Å². The van der Waals surface area contributed by atoms with Gasteiger partial charge in [-0.25, -0.2) is 0 Å². The monoisotopic (exact) mass is 259 g/mol. The molecule has 0 unspecified atom stereocenters. The van der Waals surface area contributed by atoms with E-state index in [-0.39, 0.29) is 0 Å². The molecule has 1 saturated carbocycles. The third-order valence-corrected chi connectivity index (χ3v) is 3.75. The van der Waals surface area contributed by atoms with E-state index in [0.29, 0.717) is 11.7 Å². The number of rotatable bonds is 3. The smallest absolute Gasteiger partial charge is 0.247 e. The zero-order valence-corrected chi connectivity index (χ0v) is 11.1. The van der Waals surface area contributed by atoms with Crippen molar-refractivity contribution in [2.45, 2.75) is 31.7 Å². The van der Waals surface area contributed by atoms with Crippen molar-refractivity contribution >= 4 is 0 Å². The Balaban J connectivity index is 1.92. The Bertz CT molecular complexity index is 602. The van der Waals surface area contributed by atoms with Crippen LogP contribution >= 0.6 is 0 Å². The second-order valence-electron chi connectivity index (χ2n) is 5.12. The molecule has 2 N–H and O–H groups in total. The van der Waals surface area contributed by atoms with Crippen LogP contribution in [-0.2, 0) is 5.54 Å². The van der Waals surface area contributed by atoms with Crippen LogP contribution in [0.1, 0.15) is 30.7 Å². The predicted octanol–water partition coefficient (Wildman–Crippen LogP) is 2.39. The molecule has 0 spiro atoms. The van der Waals surface area contributed by atoms with Crippen LogP contribution in [0, 0.1) is 6.92 Å². The zero-order chi connectivity index (χ0) is 13.5. The maximum Gasteiger partial charge on any atom is 0.247 e. The molecule has 1 aliphatic carbocycles. The molecule has 0 atom stereocenters. The van der Waals surface area contributed by atoms with Gasteiger partial charge in [-0.3, -0.25) is 0 Å². The number of methoxy groups -OCH3 is 1. The van der Waals surface area contributed by atoms with Gasteiger partial charge in [0.1, 0.15) is 5.75 Å². The molecule has 3 rings (SSSR count). The van der Waals surface area contributed by atoms with E-state index in [1.807, 2.05) is 25.1 Å². The first-order valence-corrected chi connectivity index (χ1v) is 6.40. The molecule has 100 valence electrons. The highest BCUT2D eigenvalue weighted by Crippen LogP contribution is 2.38. The van der Waals surface area contributed by atoms with Crippen LogP contribution in [0.5, 0.6) is 5.75 Å². The first-order valence-electron chi connectivity index (χ1n) is 6.40. The van der Waals surface area contributed by atoms with Crippen LogP contribution in [0.25, 0.3) is 11.4 Å². The van der Waals surface area contributed by atoms with Gasteiger partial charge in [-0.2, -0.15) is 4.98 Å². The minimum Gasteiger partial charge on any atom is -0.496 e. The summed E-state index contributed by atoms with van der Waals surface area (Å²) in [6.07, 6.45) is 2.95. The van der Waals surface area contributed by atoms with Gasteiger partial charge in [0.15, 0.2) is 0 Å². The van der Waals surface area contributed by atoms with Gasteiger partial charge in [-0.15, -0.1) is 0 Å². The topological polar surface area (TPSA) is 74.2 Å². The highest BCUT2D eigenvalue weighted by Gasteiger charge is 2.39. The number of hydrogen-bond donors (Lipinski definition) is 1. The summed E-state index contributed by atoms with van der Waals surface area (Å²) in [5.41, 5.74) is 7.72. The number of nitrogens with zero attached hydrogens (tertiary/aromatic N) is 2. The van der Waals surface area contributed by atoms with Gasteiger partial charge in [0.25, 0.3) is 0 Å². The molecule has 1 aromatic heterocycles. The molecule has 0 saturated heterocycles. The average molecular weight is 259 g/mol. The summed E-state index contributed by atoms with van der Waals surface area (Å²) in [6.45, 7) is 1.99. The Morgan fingerprint density at radius 3 is 2.74 bits per heavy atom. The van der Waals surface area contributed by atoms with Crippen molar-refractivity contribution in [3.05, 3.63) is 29.7 Å². The molecule has 19 heavy (non-hydrogen) atoms. The molecular formula is C14H17N3O2. The first-order chi connectivity index (χ1) is 9.12. The molecular weight excluding hydrogens is 242 g/mol. The Morgan fingerprint density at radius 2 is 2.16 bits per heavy atom. The minimum absolute atomic E-state index is 0.410. The number of benzene rings is 1. The quantitative estimate of drug-likeness (QED) is 0.916. The van der Waals surface area contributed by atoms with Gasteiger partial charge in [0.2, 0.25) is 11.7 Å². The van der Waals surface area contributed by atoms with Gasteiger partial charge in [-0.05, 0) is 49.9 Å². The molecule has 0 aliphatic heterocycles. The Morgan fingerprint density at radius 1 is 1.37 bits per heavy atom. The van der Waals surface area contributed by atoms with Crippen LogP contribution in [0.3, 0.4) is 0 Å². The molecule has 1 aliphatic rings. The van der Waals surface area contributed by atoms with Crippen LogP contribution in [0.4, 0.5) is 0 Å². The average Bonchev–Trinajstić information content (AvgIpc) is 2.85. The lowest BCUT2D eigenvalue weighted by atomic mass is 9.78. The number of aromatic nitrogens is 2. The molecule has 0 radical (unpaired) electrons. The van der Waals surface area contributed by atoms with E-state index in [1.165, 1.54) is 0 Å². The van der Waals surface area contributed by atoms with Crippen LogP contribution < -0.4 is 10.5 Å². The SMILES string of the molecule is COc1ccc(-c2noc(C3(N)CCC3)n2)cc1C. The van der Waals surface area contributed by atoms with E-state index in [2.05, 4.69) is 10.1 Å². The summed E-state index contributed by atoms with van der Waals surface area (Å²) in [6, 6.07) is 5.81. The van der Waals surface area contributed by atoms with E-state index in [1.54, 1.807) is 7.11 Å². The summed E-state index contributed by atoms with van der Waals surface area (Å²) in [4.78, 5) is 4.43. The van der Waals surface area contributed by atoms with Crippen molar-refractivity contribution in [2.75, 3.05) is 7.11 Å². The van der Waals surface area contributed by atoms with Gasteiger partial charge in [-0.1, -0.05) is 5.16 Å². The van der Waals surface area contributed by atoms with Crippen LogP contribution in [0.15, 0.2) is 22.7 Å².